The van der Waals surface area contributed by atoms with Crippen LogP contribution in [-0.4, -0.2) is 57.9 Å². The van der Waals surface area contributed by atoms with Crippen molar-refractivity contribution in [2.45, 2.75) is 20.4 Å². The van der Waals surface area contributed by atoms with Gasteiger partial charge in [0.25, 0.3) is 5.91 Å². The molecule has 4 heterocycles. The van der Waals surface area contributed by atoms with E-state index in [1.807, 2.05) is 24.0 Å². The molecule has 0 atom stereocenters. The molecule has 198 valence electrons. The second kappa shape index (κ2) is 10.8. The number of fused-ring (bicyclic) bond motifs is 1. The van der Waals surface area contributed by atoms with E-state index in [0.717, 1.165) is 59.1 Å². The van der Waals surface area contributed by atoms with Gasteiger partial charge >= 0.3 is 0 Å². The molecule has 0 N–H and O–H groups in total. The lowest BCUT2D eigenvalue weighted by Crippen LogP contribution is -2.48. The predicted molar refractivity (Wildman–Crippen MR) is 152 cm³/mol. The number of benzene rings is 2. The summed E-state index contributed by atoms with van der Waals surface area (Å²) in [6, 6.07) is 24.4. The molecule has 6 rings (SSSR count). The standard InChI is InChI=1S/C32H32N4O3/c1-3-38-27-7-4-6-25(20-27)26-13-14-30-33-31(24-11-9-23(2)10-12-24)28(36(30)21-26)22-34-15-17-35(18-16-34)32(37)29-8-5-19-39-29/h4-14,19-21H,3,15-18,22H2,1-2H3. The van der Waals surface area contributed by atoms with Gasteiger partial charge in [0.2, 0.25) is 0 Å². The fraction of sp³-hybridized carbons (Fsp3) is 0.250. The van der Waals surface area contributed by atoms with Crippen LogP contribution < -0.4 is 4.74 Å². The molecule has 2 aromatic carbocycles. The van der Waals surface area contributed by atoms with Crippen LogP contribution in [0.5, 0.6) is 5.75 Å². The number of amides is 1. The Morgan fingerprint density at radius 3 is 2.46 bits per heavy atom. The van der Waals surface area contributed by atoms with Crippen molar-refractivity contribution in [2.24, 2.45) is 0 Å². The van der Waals surface area contributed by atoms with Gasteiger partial charge in [-0.2, -0.15) is 0 Å². The highest BCUT2D eigenvalue weighted by Gasteiger charge is 2.25. The third-order valence-electron chi connectivity index (χ3n) is 7.29. The smallest absolute Gasteiger partial charge is 0.289 e. The van der Waals surface area contributed by atoms with Crippen LogP contribution in [-0.2, 0) is 6.54 Å². The van der Waals surface area contributed by atoms with Gasteiger partial charge in [0.1, 0.15) is 11.4 Å². The first-order chi connectivity index (χ1) is 19.1. The Labute approximate surface area is 228 Å². The highest BCUT2D eigenvalue weighted by molar-refractivity contribution is 5.91. The third-order valence-corrected chi connectivity index (χ3v) is 7.29. The second-order valence-corrected chi connectivity index (χ2v) is 9.93. The lowest BCUT2D eigenvalue weighted by atomic mass is 10.1. The zero-order chi connectivity index (χ0) is 26.8. The van der Waals surface area contributed by atoms with E-state index in [1.54, 1.807) is 18.4 Å². The molecule has 0 saturated carbocycles. The Bertz CT molecular complexity index is 1580. The maximum absolute atomic E-state index is 12.8. The Morgan fingerprint density at radius 1 is 0.923 bits per heavy atom. The number of aromatic nitrogens is 2. The maximum atomic E-state index is 12.8. The molecule has 0 radical (unpaired) electrons. The molecule has 5 aromatic rings. The number of piperazine rings is 1. The van der Waals surface area contributed by atoms with E-state index in [-0.39, 0.29) is 5.91 Å². The average molecular weight is 521 g/mol. The number of ether oxygens (including phenoxy) is 1. The van der Waals surface area contributed by atoms with Crippen molar-refractivity contribution in [1.29, 1.82) is 0 Å². The summed E-state index contributed by atoms with van der Waals surface area (Å²) in [5.41, 5.74) is 7.57. The first-order valence-corrected chi connectivity index (χ1v) is 13.5. The highest BCUT2D eigenvalue weighted by Crippen LogP contribution is 2.30. The van der Waals surface area contributed by atoms with E-state index in [1.165, 1.54) is 5.56 Å². The van der Waals surface area contributed by atoms with Crippen LogP contribution in [0.25, 0.3) is 28.0 Å². The number of imidazole rings is 1. The van der Waals surface area contributed by atoms with E-state index in [9.17, 15) is 4.79 Å². The van der Waals surface area contributed by atoms with Gasteiger partial charge in [-0.1, -0.05) is 42.0 Å². The summed E-state index contributed by atoms with van der Waals surface area (Å²) in [5, 5.41) is 0. The summed E-state index contributed by atoms with van der Waals surface area (Å²) < 4.78 is 13.3. The molecule has 7 nitrogen and oxygen atoms in total. The number of furan rings is 1. The van der Waals surface area contributed by atoms with Gasteiger partial charge in [0.05, 0.1) is 24.3 Å². The molecular weight excluding hydrogens is 488 g/mol. The second-order valence-electron chi connectivity index (χ2n) is 9.93. The molecule has 1 saturated heterocycles. The first kappa shape index (κ1) is 24.9. The summed E-state index contributed by atoms with van der Waals surface area (Å²) in [5.74, 6) is 1.21. The molecule has 3 aromatic heterocycles. The van der Waals surface area contributed by atoms with Gasteiger partial charge < -0.3 is 18.5 Å². The number of nitrogens with zero attached hydrogens (tertiary/aromatic N) is 4. The van der Waals surface area contributed by atoms with Crippen molar-refractivity contribution in [2.75, 3.05) is 32.8 Å². The van der Waals surface area contributed by atoms with Gasteiger partial charge in [-0.3, -0.25) is 9.69 Å². The molecule has 1 fully saturated rings. The zero-order valence-corrected chi connectivity index (χ0v) is 22.3. The molecule has 7 heteroatoms. The summed E-state index contributed by atoms with van der Waals surface area (Å²) in [4.78, 5) is 22.1. The summed E-state index contributed by atoms with van der Waals surface area (Å²) in [6.45, 7) is 8.34. The number of pyridine rings is 1. The Balaban J connectivity index is 1.32. The first-order valence-electron chi connectivity index (χ1n) is 13.5. The molecule has 1 aliphatic rings. The molecule has 0 unspecified atom stereocenters. The van der Waals surface area contributed by atoms with Gasteiger partial charge in [-0.15, -0.1) is 0 Å². The molecule has 0 spiro atoms. The molecule has 1 aliphatic heterocycles. The number of aryl methyl sites for hydroxylation is 1. The quantitative estimate of drug-likeness (QED) is 0.266. The summed E-state index contributed by atoms with van der Waals surface area (Å²) >= 11 is 0. The zero-order valence-electron chi connectivity index (χ0n) is 22.3. The lowest BCUT2D eigenvalue weighted by Gasteiger charge is -2.34. The predicted octanol–water partition coefficient (Wildman–Crippen LogP) is 5.93. The molecular formula is C32H32N4O3. The highest BCUT2D eigenvalue weighted by atomic mass is 16.5. The largest absolute Gasteiger partial charge is 0.494 e. The summed E-state index contributed by atoms with van der Waals surface area (Å²) in [6.07, 6.45) is 3.72. The minimum absolute atomic E-state index is 0.0475. The SMILES string of the molecule is CCOc1cccc(-c2ccc3nc(-c4ccc(C)cc4)c(CN4CCN(C(=O)c5ccco5)CC4)n3c2)c1. The van der Waals surface area contributed by atoms with E-state index in [0.29, 0.717) is 25.5 Å². The van der Waals surface area contributed by atoms with E-state index < -0.39 is 0 Å². The third kappa shape index (κ3) is 5.18. The normalized spacial score (nSPS) is 14.2. The Kier molecular flexibility index (Phi) is 6.90. The monoisotopic (exact) mass is 520 g/mol. The van der Waals surface area contributed by atoms with E-state index >= 15 is 0 Å². The van der Waals surface area contributed by atoms with Crippen molar-refractivity contribution < 1.29 is 13.9 Å². The van der Waals surface area contributed by atoms with Crippen molar-refractivity contribution in [1.82, 2.24) is 19.2 Å². The van der Waals surface area contributed by atoms with Crippen molar-refractivity contribution >= 4 is 11.6 Å². The molecule has 0 aliphatic carbocycles. The van der Waals surface area contributed by atoms with Crippen molar-refractivity contribution in [3.8, 4) is 28.1 Å². The summed E-state index contributed by atoms with van der Waals surface area (Å²) in [7, 11) is 0. The van der Waals surface area contributed by atoms with Gasteiger partial charge in [-0.05, 0) is 61.4 Å². The van der Waals surface area contributed by atoms with Crippen LogP contribution in [0.3, 0.4) is 0 Å². The van der Waals surface area contributed by atoms with Crippen molar-refractivity contribution in [3.63, 3.8) is 0 Å². The van der Waals surface area contributed by atoms with Crippen molar-refractivity contribution in [3.05, 3.63) is 102 Å². The fourth-order valence-electron chi connectivity index (χ4n) is 5.17. The van der Waals surface area contributed by atoms with Crippen LogP contribution in [0, 0.1) is 6.92 Å². The number of carbonyl (C=O) groups excluding carboxylic acids is 1. The van der Waals surface area contributed by atoms with E-state index in [4.69, 9.17) is 14.1 Å². The number of hydrogen-bond donors (Lipinski definition) is 0. The van der Waals surface area contributed by atoms with Crippen LogP contribution in [0.15, 0.2) is 89.7 Å². The average Bonchev–Trinajstić information content (AvgIpc) is 3.63. The lowest BCUT2D eigenvalue weighted by molar-refractivity contribution is 0.0596. The minimum atomic E-state index is -0.0475. The van der Waals surface area contributed by atoms with Crippen LogP contribution in [0.2, 0.25) is 0 Å². The van der Waals surface area contributed by atoms with Gasteiger partial charge in [0, 0.05) is 44.5 Å². The Hall–Kier alpha value is -4.36. The minimum Gasteiger partial charge on any atom is -0.494 e. The number of hydrogen-bond acceptors (Lipinski definition) is 5. The fourth-order valence-corrected chi connectivity index (χ4v) is 5.17. The van der Waals surface area contributed by atoms with Crippen LogP contribution >= 0.6 is 0 Å². The van der Waals surface area contributed by atoms with E-state index in [2.05, 4.69) is 71.0 Å². The molecule has 1 amide bonds. The van der Waals surface area contributed by atoms with Crippen LogP contribution in [0.1, 0.15) is 28.7 Å². The van der Waals surface area contributed by atoms with Gasteiger partial charge in [0.15, 0.2) is 5.76 Å². The number of rotatable bonds is 7. The molecule has 39 heavy (non-hydrogen) atoms. The Morgan fingerprint density at radius 2 is 1.72 bits per heavy atom. The maximum Gasteiger partial charge on any atom is 0.289 e. The van der Waals surface area contributed by atoms with Gasteiger partial charge in [-0.25, -0.2) is 4.98 Å². The number of carbonyl (C=O) groups is 1. The molecule has 0 bridgehead atoms. The topological polar surface area (TPSA) is 63.2 Å². The van der Waals surface area contributed by atoms with Crippen LogP contribution in [0.4, 0.5) is 0 Å².